The molecular weight excluding hydrogens is 379 g/mol. The Morgan fingerprint density at radius 2 is 1.48 bits per heavy atom. The molecule has 0 atom stereocenters. The minimum absolute atomic E-state index is 0.0251. The predicted molar refractivity (Wildman–Crippen MR) is 106 cm³/mol. The van der Waals surface area contributed by atoms with Gasteiger partial charge >= 0.3 is 6.18 Å². The van der Waals surface area contributed by atoms with Crippen LogP contribution in [-0.2, 0) is 23.9 Å². The van der Waals surface area contributed by atoms with E-state index in [0.717, 1.165) is 50.3 Å². The Morgan fingerprint density at radius 3 is 2.10 bits per heavy atom. The summed E-state index contributed by atoms with van der Waals surface area (Å²) in [5.41, 5.74) is 1.44. The molecule has 2 aromatic carbocycles. The number of amides is 1. The van der Waals surface area contributed by atoms with Gasteiger partial charge in [-0.1, -0.05) is 42.5 Å². The van der Waals surface area contributed by atoms with Crippen LogP contribution < -0.4 is 5.32 Å². The van der Waals surface area contributed by atoms with Crippen LogP contribution in [0.1, 0.15) is 16.7 Å². The zero-order valence-electron chi connectivity index (χ0n) is 16.3. The summed E-state index contributed by atoms with van der Waals surface area (Å²) in [5.74, 6) is 0.0251. The van der Waals surface area contributed by atoms with Gasteiger partial charge in [-0.3, -0.25) is 14.6 Å². The van der Waals surface area contributed by atoms with E-state index in [2.05, 4.69) is 15.1 Å². The van der Waals surface area contributed by atoms with E-state index in [1.165, 1.54) is 17.7 Å². The SMILES string of the molecule is O=C(CN1CCN(Cc2ccc(C(F)(F)F)cc2)CC1)NCCc1ccccc1. The minimum Gasteiger partial charge on any atom is -0.355 e. The molecule has 1 amide bonds. The van der Waals surface area contributed by atoms with E-state index in [1.54, 1.807) is 0 Å². The Bertz CT molecular complexity index is 770. The highest BCUT2D eigenvalue weighted by Crippen LogP contribution is 2.29. The second-order valence-corrected chi connectivity index (χ2v) is 7.33. The van der Waals surface area contributed by atoms with Crippen molar-refractivity contribution in [1.82, 2.24) is 15.1 Å². The average Bonchev–Trinajstić information content (AvgIpc) is 2.70. The molecule has 29 heavy (non-hydrogen) atoms. The molecule has 1 heterocycles. The van der Waals surface area contributed by atoms with Crippen LogP contribution in [0.2, 0.25) is 0 Å². The molecule has 0 aliphatic carbocycles. The van der Waals surface area contributed by atoms with Crippen LogP contribution >= 0.6 is 0 Å². The fraction of sp³-hybridized carbons (Fsp3) is 0.409. The molecular formula is C22H26F3N3O. The fourth-order valence-electron chi connectivity index (χ4n) is 3.41. The van der Waals surface area contributed by atoms with Crippen molar-refractivity contribution in [2.24, 2.45) is 0 Å². The number of rotatable bonds is 7. The third kappa shape index (κ3) is 6.87. The molecule has 3 rings (SSSR count). The molecule has 0 spiro atoms. The molecule has 2 aromatic rings. The van der Waals surface area contributed by atoms with Gasteiger partial charge in [-0.2, -0.15) is 13.2 Å². The van der Waals surface area contributed by atoms with Crippen molar-refractivity contribution in [2.75, 3.05) is 39.3 Å². The first-order valence-corrected chi connectivity index (χ1v) is 9.81. The van der Waals surface area contributed by atoms with Crippen molar-refractivity contribution in [3.05, 3.63) is 71.3 Å². The summed E-state index contributed by atoms with van der Waals surface area (Å²) in [7, 11) is 0. The lowest BCUT2D eigenvalue weighted by Gasteiger charge is -2.34. The number of carbonyl (C=O) groups excluding carboxylic acids is 1. The van der Waals surface area contributed by atoms with E-state index < -0.39 is 11.7 Å². The van der Waals surface area contributed by atoms with Gasteiger partial charge in [0.2, 0.25) is 5.91 Å². The van der Waals surface area contributed by atoms with Crippen LogP contribution in [0, 0.1) is 0 Å². The summed E-state index contributed by atoms with van der Waals surface area (Å²) in [6, 6.07) is 15.4. The molecule has 1 aliphatic heterocycles. The van der Waals surface area contributed by atoms with E-state index in [9.17, 15) is 18.0 Å². The summed E-state index contributed by atoms with van der Waals surface area (Å²) < 4.78 is 37.9. The molecule has 156 valence electrons. The lowest BCUT2D eigenvalue weighted by molar-refractivity contribution is -0.137. The first-order valence-electron chi connectivity index (χ1n) is 9.81. The minimum atomic E-state index is -4.30. The second kappa shape index (κ2) is 9.89. The molecule has 1 N–H and O–H groups in total. The monoisotopic (exact) mass is 405 g/mol. The lowest BCUT2D eigenvalue weighted by Crippen LogP contribution is -2.49. The first kappa shape index (κ1) is 21.3. The van der Waals surface area contributed by atoms with Gasteiger partial charge in [-0.15, -0.1) is 0 Å². The van der Waals surface area contributed by atoms with Crippen LogP contribution in [0.15, 0.2) is 54.6 Å². The molecule has 0 aromatic heterocycles. The van der Waals surface area contributed by atoms with Gasteiger partial charge in [-0.05, 0) is 29.7 Å². The highest BCUT2D eigenvalue weighted by Gasteiger charge is 2.30. The predicted octanol–water partition coefficient (Wildman–Crippen LogP) is 3.18. The number of halogens is 3. The molecule has 0 saturated carbocycles. The van der Waals surface area contributed by atoms with Gasteiger partial charge < -0.3 is 5.32 Å². The average molecular weight is 405 g/mol. The number of benzene rings is 2. The maximum atomic E-state index is 12.6. The Balaban J connectivity index is 1.35. The zero-order valence-corrected chi connectivity index (χ0v) is 16.3. The normalized spacial score (nSPS) is 16.0. The Labute approximate surface area is 169 Å². The van der Waals surface area contributed by atoms with Gasteiger partial charge in [0.25, 0.3) is 0 Å². The number of alkyl halides is 3. The summed E-state index contributed by atoms with van der Waals surface area (Å²) >= 11 is 0. The highest BCUT2D eigenvalue weighted by molar-refractivity contribution is 5.78. The molecule has 1 fully saturated rings. The molecule has 7 heteroatoms. The van der Waals surface area contributed by atoms with Crippen LogP contribution in [0.5, 0.6) is 0 Å². The van der Waals surface area contributed by atoms with Crippen molar-refractivity contribution in [3.8, 4) is 0 Å². The molecule has 1 saturated heterocycles. The summed E-state index contributed by atoms with van der Waals surface area (Å²) in [6.07, 6.45) is -3.49. The summed E-state index contributed by atoms with van der Waals surface area (Å²) in [4.78, 5) is 16.4. The standard InChI is InChI=1S/C22H26F3N3O/c23-22(24,25)20-8-6-19(7-9-20)16-27-12-14-28(15-13-27)17-21(29)26-11-10-18-4-2-1-3-5-18/h1-9H,10-17H2,(H,26,29). The van der Waals surface area contributed by atoms with Crippen molar-refractivity contribution in [2.45, 2.75) is 19.1 Å². The van der Waals surface area contributed by atoms with Gasteiger partial charge in [0, 0.05) is 39.3 Å². The van der Waals surface area contributed by atoms with Crippen molar-refractivity contribution < 1.29 is 18.0 Å². The van der Waals surface area contributed by atoms with Crippen LogP contribution in [-0.4, -0.2) is 55.0 Å². The Hall–Kier alpha value is -2.38. The third-order valence-corrected chi connectivity index (χ3v) is 5.10. The van der Waals surface area contributed by atoms with Crippen LogP contribution in [0.3, 0.4) is 0 Å². The van der Waals surface area contributed by atoms with Crippen molar-refractivity contribution in [3.63, 3.8) is 0 Å². The number of carbonyl (C=O) groups is 1. The molecule has 0 radical (unpaired) electrons. The Morgan fingerprint density at radius 1 is 0.862 bits per heavy atom. The number of nitrogens with zero attached hydrogens (tertiary/aromatic N) is 2. The van der Waals surface area contributed by atoms with E-state index in [4.69, 9.17) is 0 Å². The van der Waals surface area contributed by atoms with Gasteiger partial charge in [0.05, 0.1) is 12.1 Å². The number of nitrogens with one attached hydrogen (secondary N) is 1. The smallest absolute Gasteiger partial charge is 0.355 e. The van der Waals surface area contributed by atoms with Crippen molar-refractivity contribution in [1.29, 1.82) is 0 Å². The zero-order chi connectivity index (χ0) is 20.7. The topological polar surface area (TPSA) is 35.6 Å². The molecule has 1 aliphatic rings. The maximum absolute atomic E-state index is 12.6. The number of hydrogen-bond acceptors (Lipinski definition) is 3. The third-order valence-electron chi connectivity index (χ3n) is 5.10. The first-order chi connectivity index (χ1) is 13.9. The number of piperazine rings is 1. The Kier molecular flexibility index (Phi) is 7.28. The number of hydrogen-bond donors (Lipinski definition) is 1. The van der Waals surface area contributed by atoms with Crippen LogP contribution in [0.25, 0.3) is 0 Å². The largest absolute Gasteiger partial charge is 0.416 e. The van der Waals surface area contributed by atoms with Gasteiger partial charge in [0.15, 0.2) is 0 Å². The summed E-state index contributed by atoms with van der Waals surface area (Å²) in [5, 5.41) is 2.96. The second-order valence-electron chi connectivity index (χ2n) is 7.33. The van der Waals surface area contributed by atoms with Crippen LogP contribution in [0.4, 0.5) is 13.2 Å². The van der Waals surface area contributed by atoms with E-state index in [-0.39, 0.29) is 5.91 Å². The van der Waals surface area contributed by atoms with E-state index in [0.29, 0.717) is 19.6 Å². The fourth-order valence-corrected chi connectivity index (χ4v) is 3.41. The van der Waals surface area contributed by atoms with E-state index >= 15 is 0 Å². The molecule has 0 bridgehead atoms. The van der Waals surface area contributed by atoms with Crippen molar-refractivity contribution >= 4 is 5.91 Å². The van der Waals surface area contributed by atoms with E-state index in [1.807, 2.05) is 30.3 Å². The molecule has 4 nitrogen and oxygen atoms in total. The van der Waals surface area contributed by atoms with Gasteiger partial charge in [-0.25, -0.2) is 0 Å². The quantitative estimate of drug-likeness (QED) is 0.769. The van der Waals surface area contributed by atoms with Gasteiger partial charge in [0.1, 0.15) is 0 Å². The molecule has 0 unspecified atom stereocenters. The highest BCUT2D eigenvalue weighted by atomic mass is 19.4. The maximum Gasteiger partial charge on any atom is 0.416 e. The lowest BCUT2D eigenvalue weighted by atomic mass is 10.1. The summed E-state index contributed by atoms with van der Waals surface area (Å²) in [6.45, 7) is 4.74.